The van der Waals surface area contributed by atoms with Crippen LogP contribution in [0.2, 0.25) is 0 Å². The molecule has 2 aromatic rings. The molecule has 0 aliphatic heterocycles. The highest BCUT2D eigenvalue weighted by Gasteiger charge is 2.22. The Hall–Kier alpha value is -2.46. The molecule has 1 N–H and O–H groups in total. The van der Waals surface area contributed by atoms with E-state index in [1.54, 1.807) is 24.3 Å². The number of carboxylic acids is 1. The number of hydrogen-bond donors (Lipinski definition) is 1. The van der Waals surface area contributed by atoms with Crippen molar-refractivity contribution in [1.29, 1.82) is 0 Å². The van der Waals surface area contributed by atoms with Gasteiger partial charge in [0.1, 0.15) is 6.10 Å². The van der Waals surface area contributed by atoms with Crippen molar-refractivity contribution in [2.24, 2.45) is 0 Å². The van der Waals surface area contributed by atoms with Crippen LogP contribution in [-0.4, -0.2) is 23.5 Å². The minimum atomic E-state index is -0.866. The van der Waals surface area contributed by atoms with Crippen LogP contribution in [0.15, 0.2) is 60.7 Å². The smallest absolute Gasteiger partial charge is 0.303 e. The first-order valence-corrected chi connectivity index (χ1v) is 7.16. The Bertz CT molecular complexity index is 607. The van der Waals surface area contributed by atoms with Crippen LogP contribution >= 0.6 is 0 Å². The maximum atomic E-state index is 12.6. The molecule has 1 atom stereocenters. The molecule has 1 unspecified atom stereocenters. The third-order valence-corrected chi connectivity index (χ3v) is 3.22. The Morgan fingerprint density at radius 1 is 0.955 bits per heavy atom. The largest absolute Gasteiger partial charge is 0.481 e. The average molecular weight is 298 g/mol. The first-order valence-electron chi connectivity index (χ1n) is 7.16. The summed E-state index contributed by atoms with van der Waals surface area (Å²) in [6, 6.07) is 18.2. The van der Waals surface area contributed by atoms with Gasteiger partial charge in [-0.2, -0.15) is 0 Å². The third-order valence-electron chi connectivity index (χ3n) is 3.22. The van der Waals surface area contributed by atoms with E-state index in [4.69, 9.17) is 9.84 Å². The molecule has 22 heavy (non-hydrogen) atoms. The van der Waals surface area contributed by atoms with Crippen LogP contribution in [0.4, 0.5) is 0 Å². The minimum Gasteiger partial charge on any atom is -0.481 e. The fraction of sp³-hybridized carbons (Fsp3) is 0.222. The van der Waals surface area contributed by atoms with E-state index in [9.17, 15) is 9.59 Å². The number of carbonyl (C=O) groups is 2. The van der Waals surface area contributed by atoms with Crippen LogP contribution in [0.1, 0.15) is 34.9 Å². The summed E-state index contributed by atoms with van der Waals surface area (Å²) in [5.74, 6) is -0.989. The van der Waals surface area contributed by atoms with Crippen LogP contribution in [0.3, 0.4) is 0 Å². The Morgan fingerprint density at radius 2 is 1.55 bits per heavy atom. The van der Waals surface area contributed by atoms with Crippen LogP contribution in [0.25, 0.3) is 0 Å². The Kier molecular flexibility index (Phi) is 5.86. The number of ketones is 1. The van der Waals surface area contributed by atoms with Gasteiger partial charge in [0.2, 0.25) is 0 Å². The number of benzene rings is 2. The van der Waals surface area contributed by atoms with Crippen molar-refractivity contribution >= 4 is 11.8 Å². The number of aliphatic carboxylic acids is 1. The molecule has 4 nitrogen and oxygen atoms in total. The van der Waals surface area contributed by atoms with E-state index < -0.39 is 12.1 Å². The highest BCUT2D eigenvalue weighted by Crippen LogP contribution is 2.22. The first-order chi connectivity index (χ1) is 10.7. The van der Waals surface area contributed by atoms with Crippen molar-refractivity contribution in [1.82, 2.24) is 0 Å². The molecule has 0 amide bonds. The zero-order valence-electron chi connectivity index (χ0n) is 12.1. The molecule has 0 radical (unpaired) electrons. The Labute approximate surface area is 129 Å². The molecule has 2 rings (SSSR count). The average Bonchev–Trinajstić information content (AvgIpc) is 2.56. The summed E-state index contributed by atoms with van der Waals surface area (Å²) >= 11 is 0. The van der Waals surface area contributed by atoms with Crippen molar-refractivity contribution in [2.45, 2.75) is 18.9 Å². The predicted molar refractivity (Wildman–Crippen MR) is 82.8 cm³/mol. The van der Waals surface area contributed by atoms with E-state index in [1.807, 2.05) is 36.4 Å². The second-order valence-electron chi connectivity index (χ2n) is 4.89. The number of carboxylic acid groups (broad SMARTS) is 1. The summed E-state index contributed by atoms with van der Waals surface area (Å²) < 4.78 is 5.68. The van der Waals surface area contributed by atoms with Crippen molar-refractivity contribution in [3.8, 4) is 0 Å². The van der Waals surface area contributed by atoms with Gasteiger partial charge in [0.15, 0.2) is 5.78 Å². The highest BCUT2D eigenvalue weighted by molar-refractivity contribution is 6.00. The van der Waals surface area contributed by atoms with Gasteiger partial charge < -0.3 is 9.84 Å². The normalized spacial score (nSPS) is 11.8. The first kappa shape index (κ1) is 15.9. The molecule has 0 saturated carbocycles. The van der Waals surface area contributed by atoms with E-state index in [0.717, 1.165) is 5.56 Å². The molecule has 0 bridgehead atoms. The van der Waals surface area contributed by atoms with Crippen molar-refractivity contribution in [2.75, 3.05) is 6.61 Å². The summed E-state index contributed by atoms with van der Waals surface area (Å²) in [7, 11) is 0. The molecule has 0 saturated heterocycles. The van der Waals surface area contributed by atoms with Gasteiger partial charge in [0, 0.05) is 18.6 Å². The van der Waals surface area contributed by atoms with Crippen molar-refractivity contribution in [3.63, 3.8) is 0 Å². The van der Waals surface area contributed by atoms with E-state index in [0.29, 0.717) is 12.0 Å². The Balaban J connectivity index is 2.11. The van der Waals surface area contributed by atoms with Gasteiger partial charge in [-0.25, -0.2) is 0 Å². The number of hydrogen-bond acceptors (Lipinski definition) is 3. The van der Waals surface area contributed by atoms with E-state index >= 15 is 0 Å². The Morgan fingerprint density at radius 3 is 2.14 bits per heavy atom. The lowest BCUT2D eigenvalue weighted by atomic mass is 10.00. The molecule has 114 valence electrons. The van der Waals surface area contributed by atoms with Gasteiger partial charge in [-0.15, -0.1) is 0 Å². The standard InChI is InChI=1S/C18H18O4/c19-16(20)12-7-13-22-18(15-10-5-2-6-11-15)17(21)14-8-3-1-4-9-14/h1-6,8-11,18H,7,12-13H2,(H,19,20). The van der Waals surface area contributed by atoms with Crippen LogP contribution < -0.4 is 0 Å². The molecule has 0 aliphatic rings. The molecular weight excluding hydrogens is 280 g/mol. The lowest BCUT2D eigenvalue weighted by Gasteiger charge is -2.17. The summed E-state index contributed by atoms with van der Waals surface area (Å²) in [4.78, 5) is 23.2. The molecule has 0 spiro atoms. The van der Waals surface area contributed by atoms with Crippen LogP contribution in [-0.2, 0) is 9.53 Å². The second kappa shape index (κ2) is 8.10. The van der Waals surface area contributed by atoms with Gasteiger partial charge >= 0.3 is 5.97 Å². The minimum absolute atomic E-state index is 0.0288. The van der Waals surface area contributed by atoms with E-state index in [1.165, 1.54) is 0 Å². The van der Waals surface area contributed by atoms with Gasteiger partial charge in [0.05, 0.1) is 0 Å². The maximum absolute atomic E-state index is 12.6. The lowest BCUT2D eigenvalue weighted by molar-refractivity contribution is -0.137. The molecular formula is C18H18O4. The van der Waals surface area contributed by atoms with Crippen LogP contribution in [0.5, 0.6) is 0 Å². The predicted octanol–water partition coefficient (Wildman–Crippen LogP) is 3.49. The van der Waals surface area contributed by atoms with Gasteiger partial charge in [-0.1, -0.05) is 60.7 Å². The fourth-order valence-electron chi connectivity index (χ4n) is 2.13. The SMILES string of the molecule is O=C(O)CCCOC(C(=O)c1ccccc1)c1ccccc1. The fourth-order valence-corrected chi connectivity index (χ4v) is 2.13. The number of carbonyl (C=O) groups excluding carboxylic acids is 1. The molecule has 0 aliphatic carbocycles. The number of ether oxygens (including phenoxy) is 1. The lowest BCUT2D eigenvalue weighted by Crippen LogP contribution is -2.17. The highest BCUT2D eigenvalue weighted by atomic mass is 16.5. The third kappa shape index (κ3) is 4.53. The van der Waals surface area contributed by atoms with E-state index in [2.05, 4.69) is 0 Å². The van der Waals surface area contributed by atoms with Gasteiger partial charge in [-0.3, -0.25) is 9.59 Å². The molecule has 4 heteroatoms. The maximum Gasteiger partial charge on any atom is 0.303 e. The monoisotopic (exact) mass is 298 g/mol. The molecule has 0 fully saturated rings. The number of rotatable bonds is 8. The summed E-state index contributed by atoms with van der Waals surface area (Å²) in [6.07, 6.45) is -0.306. The second-order valence-corrected chi connectivity index (χ2v) is 4.89. The van der Waals surface area contributed by atoms with Crippen molar-refractivity contribution in [3.05, 3.63) is 71.8 Å². The topological polar surface area (TPSA) is 63.6 Å². The molecule has 2 aromatic carbocycles. The zero-order valence-corrected chi connectivity index (χ0v) is 12.1. The van der Waals surface area contributed by atoms with Crippen LogP contribution in [0, 0.1) is 0 Å². The van der Waals surface area contributed by atoms with Gasteiger partial charge in [0.25, 0.3) is 0 Å². The molecule has 0 aromatic heterocycles. The van der Waals surface area contributed by atoms with Gasteiger partial charge in [-0.05, 0) is 12.0 Å². The van der Waals surface area contributed by atoms with Crippen molar-refractivity contribution < 1.29 is 19.4 Å². The zero-order chi connectivity index (χ0) is 15.8. The quantitative estimate of drug-likeness (QED) is 0.598. The molecule has 0 heterocycles. The summed E-state index contributed by atoms with van der Waals surface area (Å²) in [5, 5.41) is 8.66. The number of Topliss-reactive ketones (excluding diaryl/α,β-unsaturated/α-hetero) is 1. The van der Waals surface area contributed by atoms with E-state index in [-0.39, 0.29) is 18.8 Å². The summed E-state index contributed by atoms with van der Waals surface area (Å²) in [5.41, 5.74) is 1.35. The summed E-state index contributed by atoms with van der Waals surface area (Å²) in [6.45, 7) is 0.227.